The minimum Gasteiger partial charge on any atom is -0.376 e. The van der Waals surface area contributed by atoms with E-state index in [-0.39, 0.29) is 12.0 Å². The molecule has 5 heteroatoms. The van der Waals surface area contributed by atoms with Crippen LogP contribution in [0.3, 0.4) is 0 Å². The predicted molar refractivity (Wildman–Crippen MR) is 79.3 cm³/mol. The molecule has 1 N–H and O–H groups in total. The summed E-state index contributed by atoms with van der Waals surface area (Å²) in [5, 5.41) is 7.11. The molecule has 0 unspecified atom stereocenters. The lowest BCUT2D eigenvalue weighted by Crippen LogP contribution is -2.32. The quantitative estimate of drug-likeness (QED) is 0.910. The fourth-order valence-corrected chi connectivity index (χ4v) is 2.47. The molecule has 5 nitrogen and oxygen atoms in total. The van der Waals surface area contributed by atoms with Gasteiger partial charge in [-0.05, 0) is 36.6 Å². The fraction of sp³-hybridized carbons (Fsp3) is 0.375. The number of nitrogens with one attached hydrogen (secondary N) is 1. The van der Waals surface area contributed by atoms with Gasteiger partial charge in [0.1, 0.15) is 0 Å². The van der Waals surface area contributed by atoms with Crippen molar-refractivity contribution < 1.29 is 9.53 Å². The maximum atomic E-state index is 11.9. The van der Waals surface area contributed by atoms with Crippen LogP contribution in [0.5, 0.6) is 0 Å². The fourth-order valence-electron chi connectivity index (χ4n) is 2.47. The van der Waals surface area contributed by atoms with Crippen LogP contribution < -0.4 is 5.32 Å². The minimum atomic E-state index is 0.0392. The van der Waals surface area contributed by atoms with Crippen LogP contribution in [-0.2, 0) is 16.0 Å². The Morgan fingerprint density at radius 3 is 2.90 bits per heavy atom. The molecular weight excluding hydrogens is 266 g/mol. The van der Waals surface area contributed by atoms with Crippen LogP contribution in [0.25, 0.3) is 5.69 Å². The molecule has 110 valence electrons. The largest absolute Gasteiger partial charge is 0.376 e. The van der Waals surface area contributed by atoms with Gasteiger partial charge in [-0.25, -0.2) is 4.68 Å². The van der Waals surface area contributed by atoms with Crippen molar-refractivity contribution in [2.45, 2.75) is 25.4 Å². The summed E-state index contributed by atoms with van der Waals surface area (Å²) in [7, 11) is 0. The highest BCUT2D eigenvalue weighted by Gasteiger charge is 2.16. The van der Waals surface area contributed by atoms with E-state index in [1.165, 1.54) is 0 Å². The van der Waals surface area contributed by atoms with Crippen LogP contribution in [0.15, 0.2) is 42.7 Å². The van der Waals surface area contributed by atoms with Gasteiger partial charge in [0.2, 0.25) is 5.91 Å². The Labute approximate surface area is 123 Å². The van der Waals surface area contributed by atoms with Crippen LogP contribution >= 0.6 is 0 Å². The van der Waals surface area contributed by atoms with E-state index in [0.29, 0.717) is 13.0 Å². The van der Waals surface area contributed by atoms with Gasteiger partial charge in [-0.3, -0.25) is 4.79 Å². The number of rotatable bonds is 5. The van der Waals surface area contributed by atoms with Gasteiger partial charge in [-0.1, -0.05) is 12.1 Å². The van der Waals surface area contributed by atoms with Crippen molar-refractivity contribution in [2.75, 3.05) is 13.2 Å². The number of amides is 1. The second kappa shape index (κ2) is 6.54. The number of ether oxygens (including phenoxy) is 1. The number of hydrogen-bond acceptors (Lipinski definition) is 3. The summed E-state index contributed by atoms with van der Waals surface area (Å²) < 4.78 is 7.28. The lowest BCUT2D eigenvalue weighted by molar-refractivity contribution is -0.120. The molecule has 1 aliphatic rings. The first-order valence-electron chi connectivity index (χ1n) is 7.28. The van der Waals surface area contributed by atoms with Gasteiger partial charge in [0.15, 0.2) is 0 Å². The summed E-state index contributed by atoms with van der Waals surface area (Å²) in [4.78, 5) is 11.9. The smallest absolute Gasteiger partial charge is 0.224 e. The highest BCUT2D eigenvalue weighted by Crippen LogP contribution is 2.11. The number of aromatic nitrogens is 2. The van der Waals surface area contributed by atoms with E-state index in [0.717, 1.165) is 30.7 Å². The summed E-state index contributed by atoms with van der Waals surface area (Å²) in [6.45, 7) is 1.43. The lowest BCUT2D eigenvalue weighted by Gasteiger charge is -2.11. The zero-order valence-corrected chi connectivity index (χ0v) is 11.9. The molecule has 2 aromatic rings. The van der Waals surface area contributed by atoms with E-state index in [1.54, 1.807) is 10.9 Å². The van der Waals surface area contributed by atoms with Gasteiger partial charge in [-0.15, -0.1) is 0 Å². The SMILES string of the molecule is O=C(Cc1ccc(-n2cccn2)cc1)NC[C@@H]1CCCO1. The third-order valence-electron chi connectivity index (χ3n) is 3.62. The van der Waals surface area contributed by atoms with E-state index in [9.17, 15) is 4.79 Å². The molecule has 0 spiro atoms. The van der Waals surface area contributed by atoms with Crippen molar-refractivity contribution in [1.82, 2.24) is 15.1 Å². The Hall–Kier alpha value is -2.14. The first-order valence-corrected chi connectivity index (χ1v) is 7.28. The average molecular weight is 285 g/mol. The third-order valence-corrected chi connectivity index (χ3v) is 3.62. The zero-order valence-electron chi connectivity index (χ0n) is 11.9. The highest BCUT2D eigenvalue weighted by molar-refractivity contribution is 5.78. The van der Waals surface area contributed by atoms with Crippen LogP contribution in [0, 0.1) is 0 Å². The monoisotopic (exact) mass is 285 g/mol. The summed E-state index contributed by atoms with van der Waals surface area (Å²) in [6, 6.07) is 9.74. The van der Waals surface area contributed by atoms with Crippen LogP contribution in [-0.4, -0.2) is 34.9 Å². The van der Waals surface area contributed by atoms with Crippen molar-refractivity contribution in [3.8, 4) is 5.69 Å². The second-order valence-corrected chi connectivity index (χ2v) is 5.23. The molecule has 1 aromatic heterocycles. The summed E-state index contributed by atoms with van der Waals surface area (Å²) >= 11 is 0. The summed E-state index contributed by atoms with van der Waals surface area (Å²) in [5.74, 6) is 0.0392. The molecule has 1 aromatic carbocycles. The van der Waals surface area contributed by atoms with Crippen LogP contribution in [0.1, 0.15) is 18.4 Å². The number of hydrogen-bond donors (Lipinski definition) is 1. The molecule has 0 saturated carbocycles. The Morgan fingerprint density at radius 1 is 1.38 bits per heavy atom. The highest BCUT2D eigenvalue weighted by atomic mass is 16.5. The van der Waals surface area contributed by atoms with E-state index in [1.807, 2.05) is 36.5 Å². The molecule has 1 saturated heterocycles. The normalized spacial score (nSPS) is 17.8. The molecule has 1 atom stereocenters. The molecular formula is C16H19N3O2. The predicted octanol–water partition coefficient (Wildman–Crippen LogP) is 1.71. The van der Waals surface area contributed by atoms with Gasteiger partial charge in [0.25, 0.3) is 0 Å². The first kappa shape index (κ1) is 13.8. The van der Waals surface area contributed by atoms with Crippen LogP contribution in [0.4, 0.5) is 0 Å². The number of carbonyl (C=O) groups is 1. The maximum absolute atomic E-state index is 11.9. The molecule has 0 aliphatic carbocycles. The number of benzene rings is 1. The van der Waals surface area contributed by atoms with E-state index < -0.39 is 0 Å². The summed E-state index contributed by atoms with van der Waals surface area (Å²) in [6.07, 6.45) is 6.35. The maximum Gasteiger partial charge on any atom is 0.224 e. The Kier molecular flexibility index (Phi) is 4.31. The lowest BCUT2D eigenvalue weighted by atomic mass is 10.1. The zero-order chi connectivity index (χ0) is 14.5. The topological polar surface area (TPSA) is 56.2 Å². The Bertz CT molecular complexity index is 572. The number of carbonyl (C=O) groups excluding carboxylic acids is 1. The standard InChI is InChI=1S/C16H19N3O2/c20-16(17-12-15-3-1-10-21-15)11-13-4-6-14(7-5-13)19-9-2-8-18-19/h2,4-9,15H,1,3,10-12H2,(H,17,20)/t15-/m0/s1. The molecule has 1 amide bonds. The Balaban J connectivity index is 1.51. The second-order valence-electron chi connectivity index (χ2n) is 5.23. The van der Waals surface area contributed by atoms with Crippen molar-refractivity contribution in [3.05, 3.63) is 48.3 Å². The summed E-state index contributed by atoms with van der Waals surface area (Å²) in [5.41, 5.74) is 1.99. The molecule has 1 fully saturated rings. The molecule has 3 rings (SSSR count). The van der Waals surface area contributed by atoms with Gasteiger partial charge in [0.05, 0.1) is 18.2 Å². The number of nitrogens with zero attached hydrogens (tertiary/aromatic N) is 2. The van der Waals surface area contributed by atoms with E-state index in [2.05, 4.69) is 10.4 Å². The van der Waals surface area contributed by atoms with E-state index >= 15 is 0 Å². The van der Waals surface area contributed by atoms with Gasteiger partial charge >= 0.3 is 0 Å². The minimum absolute atomic E-state index is 0.0392. The van der Waals surface area contributed by atoms with Gasteiger partial charge in [-0.2, -0.15) is 5.10 Å². The first-order chi connectivity index (χ1) is 10.3. The molecule has 2 heterocycles. The molecule has 21 heavy (non-hydrogen) atoms. The van der Waals surface area contributed by atoms with Crippen LogP contribution in [0.2, 0.25) is 0 Å². The third kappa shape index (κ3) is 3.70. The molecule has 0 radical (unpaired) electrons. The van der Waals surface area contributed by atoms with Gasteiger partial charge in [0, 0.05) is 25.5 Å². The molecule has 1 aliphatic heterocycles. The average Bonchev–Trinajstić information content (AvgIpc) is 3.19. The van der Waals surface area contributed by atoms with Crippen molar-refractivity contribution in [3.63, 3.8) is 0 Å². The van der Waals surface area contributed by atoms with Crippen molar-refractivity contribution in [2.24, 2.45) is 0 Å². The Morgan fingerprint density at radius 2 is 2.24 bits per heavy atom. The molecule has 0 bridgehead atoms. The van der Waals surface area contributed by atoms with Crippen molar-refractivity contribution >= 4 is 5.91 Å². The van der Waals surface area contributed by atoms with Crippen molar-refractivity contribution in [1.29, 1.82) is 0 Å². The van der Waals surface area contributed by atoms with E-state index in [4.69, 9.17) is 4.74 Å². The van der Waals surface area contributed by atoms with Gasteiger partial charge < -0.3 is 10.1 Å².